The van der Waals surface area contributed by atoms with Gasteiger partial charge in [-0.1, -0.05) is 23.4 Å². The Labute approximate surface area is 126 Å². The molecule has 0 saturated carbocycles. The third kappa shape index (κ3) is 3.71. The molecule has 1 aromatic heterocycles. The largest absolute Gasteiger partial charge is 0.224 e. The fourth-order valence-electron chi connectivity index (χ4n) is 1.50. The summed E-state index contributed by atoms with van der Waals surface area (Å²) in [6.45, 7) is 2.57. The van der Waals surface area contributed by atoms with Crippen molar-refractivity contribution in [3.8, 4) is 0 Å². The van der Waals surface area contributed by atoms with Crippen LogP contribution in [0.3, 0.4) is 0 Å². The minimum atomic E-state index is -3.31. The summed E-state index contributed by atoms with van der Waals surface area (Å²) in [7, 11) is -3.31. The lowest BCUT2D eigenvalue weighted by Gasteiger charge is -2.04. The molecule has 0 spiro atoms. The molecule has 0 bridgehead atoms. The number of aromatic nitrogens is 4. The second-order valence-electron chi connectivity index (χ2n) is 3.90. The maximum absolute atomic E-state index is 12.1. The lowest BCUT2D eigenvalue weighted by Crippen LogP contribution is -2.09. The molecule has 0 aliphatic heterocycles. The van der Waals surface area contributed by atoms with Crippen LogP contribution in [0.2, 0.25) is 5.02 Å². The van der Waals surface area contributed by atoms with Gasteiger partial charge in [-0.3, -0.25) is 0 Å². The van der Waals surface area contributed by atoms with Crippen LogP contribution in [0.4, 0.5) is 0 Å². The van der Waals surface area contributed by atoms with Gasteiger partial charge in [-0.05, 0) is 41.6 Å². The van der Waals surface area contributed by atoms with Crippen molar-refractivity contribution in [2.75, 3.05) is 11.5 Å². The highest BCUT2D eigenvalue weighted by Gasteiger charge is 2.15. The van der Waals surface area contributed by atoms with E-state index in [1.165, 1.54) is 23.9 Å². The van der Waals surface area contributed by atoms with Crippen molar-refractivity contribution < 1.29 is 8.42 Å². The Morgan fingerprint density at radius 1 is 1.30 bits per heavy atom. The molecule has 0 N–H and O–H groups in total. The number of rotatable bonds is 6. The zero-order valence-corrected chi connectivity index (χ0v) is 13.1. The van der Waals surface area contributed by atoms with Gasteiger partial charge >= 0.3 is 0 Å². The quantitative estimate of drug-likeness (QED) is 0.752. The molecular formula is C11H13ClN4O2S2. The number of benzene rings is 1. The van der Waals surface area contributed by atoms with E-state index < -0.39 is 9.84 Å². The van der Waals surface area contributed by atoms with E-state index in [0.717, 1.165) is 0 Å². The molecule has 0 saturated heterocycles. The molecule has 6 nitrogen and oxygen atoms in total. The van der Waals surface area contributed by atoms with E-state index in [0.29, 0.717) is 22.5 Å². The summed E-state index contributed by atoms with van der Waals surface area (Å²) in [5.41, 5.74) is 0. The molecule has 0 aliphatic rings. The first kappa shape index (κ1) is 15.3. The number of aryl methyl sites for hydroxylation is 1. The van der Waals surface area contributed by atoms with Crippen LogP contribution in [-0.2, 0) is 16.4 Å². The van der Waals surface area contributed by atoms with E-state index in [2.05, 4.69) is 15.5 Å². The molecule has 0 unspecified atom stereocenters. The lowest BCUT2D eigenvalue weighted by molar-refractivity contribution is 0.581. The minimum Gasteiger partial charge on any atom is -0.224 e. The first-order valence-corrected chi connectivity index (χ1v) is 8.92. The van der Waals surface area contributed by atoms with Gasteiger partial charge in [-0.2, -0.15) is 0 Å². The second-order valence-corrected chi connectivity index (χ2v) is 7.51. The van der Waals surface area contributed by atoms with Crippen molar-refractivity contribution in [1.29, 1.82) is 0 Å². The maximum atomic E-state index is 12.1. The van der Waals surface area contributed by atoms with E-state index in [1.807, 2.05) is 6.92 Å². The first-order valence-electron chi connectivity index (χ1n) is 5.90. The van der Waals surface area contributed by atoms with Crippen LogP contribution in [0.25, 0.3) is 0 Å². The Kier molecular flexibility index (Phi) is 5.00. The van der Waals surface area contributed by atoms with Crippen LogP contribution in [-0.4, -0.2) is 40.1 Å². The Balaban J connectivity index is 1.98. The van der Waals surface area contributed by atoms with Gasteiger partial charge in [0.1, 0.15) is 0 Å². The molecule has 0 fully saturated rings. The molecule has 1 aromatic carbocycles. The zero-order valence-electron chi connectivity index (χ0n) is 10.7. The van der Waals surface area contributed by atoms with Crippen LogP contribution in [0.5, 0.6) is 0 Å². The van der Waals surface area contributed by atoms with Crippen molar-refractivity contribution in [3.63, 3.8) is 0 Å². The van der Waals surface area contributed by atoms with Crippen molar-refractivity contribution >= 4 is 33.2 Å². The van der Waals surface area contributed by atoms with Gasteiger partial charge in [0.05, 0.1) is 10.6 Å². The summed E-state index contributed by atoms with van der Waals surface area (Å²) in [5.74, 6) is 0.418. The van der Waals surface area contributed by atoms with Gasteiger partial charge in [0.15, 0.2) is 9.84 Å². The molecule has 9 heteroatoms. The third-order valence-electron chi connectivity index (χ3n) is 2.55. The van der Waals surface area contributed by atoms with Crippen LogP contribution >= 0.6 is 23.4 Å². The van der Waals surface area contributed by atoms with Gasteiger partial charge in [-0.15, -0.1) is 5.10 Å². The molecule has 0 aliphatic carbocycles. The van der Waals surface area contributed by atoms with Crippen molar-refractivity contribution in [2.24, 2.45) is 0 Å². The summed E-state index contributed by atoms with van der Waals surface area (Å²) in [6, 6.07) is 6.16. The van der Waals surface area contributed by atoms with Crippen LogP contribution in [0.15, 0.2) is 34.3 Å². The third-order valence-corrected chi connectivity index (χ3v) is 5.76. The number of thioether (sulfide) groups is 1. The van der Waals surface area contributed by atoms with E-state index >= 15 is 0 Å². The van der Waals surface area contributed by atoms with Gasteiger partial charge in [-0.25, -0.2) is 13.1 Å². The summed E-state index contributed by atoms with van der Waals surface area (Å²) < 4.78 is 25.8. The fourth-order valence-corrected chi connectivity index (χ4v) is 4.22. The normalized spacial score (nSPS) is 11.7. The molecule has 0 radical (unpaired) electrons. The highest BCUT2D eigenvalue weighted by atomic mass is 35.5. The number of nitrogens with zero attached hydrogens (tertiary/aromatic N) is 4. The molecule has 2 aromatic rings. The van der Waals surface area contributed by atoms with Gasteiger partial charge < -0.3 is 0 Å². The Bertz CT molecular complexity index is 670. The summed E-state index contributed by atoms with van der Waals surface area (Å²) in [6.07, 6.45) is 0. The number of halogens is 1. The second kappa shape index (κ2) is 6.55. The number of sulfone groups is 1. The molecule has 108 valence electrons. The predicted molar refractivity (Wildman–Crippen MR) is 77.7 cm³/mol. The average molecular weight is 333 g/mol. The molecule has 20 heavy (non-hydrogen) atoms. The lowest BCUT2D eigenvalue weighted by atomic mass is 10.4. The summed E-state index contributed by atoms with van der Waals surface area (Å²) in [4.78, 5) is 0.276. The summed E-state index contributed by atoms with van der Waals surface area (Å²) in [5, 5.41) is 12.3. The minimum absolute atomic E-state index is 0.0237. The van der Waals surface area contributed by atoms with Crippen LogP contribution < -0.4 is 0 Å². The standard InChI is InChI=1S/C11H13ClN4O2S2/c1-2-16-11(13-14-15-16)19-7-8-20(17,18)10-5-3-9(12)4-6-10/h3-6H,2,7-8H2,1H3. The summed E-state index contributed by atoms with van der Waals surface area (Å²) >= 11 is 7.07. The Morgan fingerprint density at radius 3 is 2.65 bits per heavy atom. The fraction of sp³-hybridized carbons (Fsp3) is 0.364. The highest BCUT2D eigenvalue weighted by Crippen LogP contribution is 2.19. The molecule has 2 rings (SSSR count). The van der Waals surface area contributed by atoms with Gasteiger partial charge in [0.25, 0.3) is 0 Å². The van der Waals surface area contributed by atoms with Crippen molar-refractivity contribution in [2.45, 2.75) is 23.5 Å². The number of hydrogen-bond acceptors (Lipinski definition) is 6. The van der Waals surface area contributed by atoms with E-state index in [9.17, 15) is 8.42 Å². The van der Waals surface area contributed by atoms with E-state index in [1.54, 1.807) is 16.8 Å². The number of hydrogen-bond donors (Lipinski definition) is 0. The Hall–Kier alpha value is -1.12. The smallest absolute Gasteiger partial charge is 0.209 e. The molecule has 1 heterocycles. The SMILES string of the molecule is CCn1nnnc1SCCS(=O)(=O)c1ccc(Cl)cc1. The maximum Gasteiger partial charge on any atom is 0.209 e. The number of tetrazole rings is 1. The van der Waals surface area contributed by atoms with E-state index in [4.69, 9.17) is 11.6 Å². The first-order chi connectivity index (χ1) is 9.53. The molecule has 0 amide bonds. The Morgan fingerprint density at radius 2 is 2.00 bits per heavy atom. The van der Waals surface area contributed by atoms with Gasteiger partial charge in [0.2, 0.25) is 5.16 Å². The molecular weight excluding hydrogens is 320 g/mol. The predicted octanol–water partition coefficient (Wildman–Crippen LogP) is 1.91. The highest BCUT2D eigenvalue weighted by molar-refractivity contribution is 8.00. The average Bonchev–Trinajstić information content (AvgIpc) is 2.86. The van der Waals surface area contributed by atoms with Crippen LogP contribution in [0, 0.1) is 0 Å². The zero-order chi connectivity index (χ0) is 14.6. The van der Waals surface area contributed by atoms with Crippen molar-refractivity contribution in [3.05, 3.63) is 29.3 Å². The van der Waals surface area contributed by atoms with Crippen LogP contribution in [0.1, 0.15) is 6.92 Å². The van der Waals surface area contributed by atoms with Crippen molar-refractivity contribution in [1.82, 2.24) is 20.2 Å². The topological polar surface area (TPSA) is 77.7 Å². The van der Waals surface area contributed by atoms with Gasteiger partial charge in [0, 0.05) is 17.3 Å². The van der Waals surface area contributed by atoms with E-state index in [-0.39, 0.29) is 10.6 Å². The monoisotopic (exact) mass is 332 g/mol. The molecule has 0 atom stereocenters.